The van der Waals surface area contributed by atoms with E-state index in [-0.39, 0.29) is 41.9 Å². The maximum Gasteiger partial charge on any atom is 0.267 e. The Morgan fingerprint density at radius 2 is 2.04 bits per heavy atom. The number of nitrogens with one attached hydrogen (secondary N) is 1. The summed E-state index contributed by atoms with van der Waals surface area (Å²) in [4.78, 5) is 40.7. The summed E-state index contributed by atoms with van der Waals surface area (Å²) in [6.45, 7) is 0.537. The average Bonchev–Trinajstić information content (AvgIpc) is 2.83. The van der Waals surface area contributed by atoms with Gasteiger partial charge in [0.15, 0.2) is 0 Å². The van der Waals surface area contributed by atoms with Gasteiger partial charge in [-0.15, -0.1) is 11.6 Å². The SMILES string of the molecule is CCl.Nc1ncnc2c1C(=O)N(c1ccc3nc[nH]c(=O)c3c1)CCO2. The number of hydrogen-bond donors (Lipinski definition) is 2. The number of nitrogens with zero attached hydrogens (tertiary/aromatic N) is 4. The number of nitrogens with two attached hydrogens (primary N) is 1. The summed E-state index contributed by atoms with van der Waals surface area (Å²) in [7, 11) is 0. The molecule has 0 spiro atoms. The molecule has 1 aliphatic rings. The van der Waals surface area contributed by atoms with Gasteiger partial charge in [0, 0.05) is 12.1 Å². The van der Waals surface area contributed by atoms with Crippen molar-refractivity contribution in [3.63, 3.8) is 0 Å². The molecular weight excluding hydrogens is 360 g/mol. The molecule has 0 saturated heterocycles. The smallest absolute Gasteiger partial charge is 0.267 e. The van der Waals surface area contributed by atoms with E-state index in [2.05, 4.69) is 31.5 Å². The number of ether oxygens (including phenoxy) is 1. The maximum absolute atomic E-state index is 12.9. The van der Waals surface area contributed by atoms with Gasteiger partial charge in [0.05, 0.1) is 23.8 Å². The van der Waals surface area contributed by atoms with Crippen molar-refractivity contribution < 1.29 is 9.53 Å². The first-order valence-corrected chi connectivity index (χ1v) is 8.31. The summed E-state index contributed by atoms with van der Waals surface area (Å²) in [5.41, 5.74) is 6.75. The molecular formula is C16H15ClN6O3. The summed E-state index contributed by atoms with van der Waals surface area (Å²) < 4.78 is 5.49. The zero-order valence-electron chi connectivity index (χ0n) is 13.8. The number of alkyl halides is 1. The third kappa shape index (κ3) is 3.04. The number of aromatic amines is 1. The molecule has 1 aromatic carbocycles. The molecule has 0 atom stereocenters. The number of H-pyrrole nitrogens is 1. The fourth-order valence-electron chi connectivity index (χ4n) is 2.63. The number of carbonyl (C=O) groups is 1. The van der Waals surface area contributed by atoms with Gasteiger partial charge in [-0.05, 0) is 18.2 Å². The van der Waals surface area contributed by atoms with Gasteiger partial charge in [0.2, 0.25) is 5.88 Å². The minimum atomic E-state index is -0.375. The third-order valence-electron chi connectivity index (χ3n) is 3.79. The molecule has 0 unspecified atom stereocenters. The number of halogens is 1. The fraction of sp³-hybridized carbons (Fsp3) is 0.188. The van der Waals surface area contributed by atoms with Gasteiger partial charge in [-0.25, -0.2) is 15.0 Å². The van der Waals surface area contributed by atoms with Crippen molar-refractivity contribution in [2.45, 2.75) is 0 Å². The topological polar surface area (TPSA) is 127 Å². The fourth-order valence-corrected chi connectivity index (χ4v) is 2.63. The Morgan fingerprint density at radius 3 is 2.85 bits per heavy atom. The van der Waals surface area contributed by atoms with E-state index in [4.69, 9.17) is 10.5 Å². The van der Waals surface area contributed by atoms with Crippen LogP contribution < -0.4 is 20.9 Å². The summed E-state index contributed by atoms with van der Waals surface area (Å²) in [6.07, 6.45) is 4.06. The number of rotatable bonds is 1. The Hall–Kier alpha value is -3.20. The Balaban J connectivity index is 0.000000948. The lowest BCUT2D eigenvalue weighted by Crippen LogP contribution is -2.32. The summed E-state index contributed by atoms with van der Waals surface area (Å²) >= 11 is 4.64. The third-order valence-corrected chi connectivity index (χ3v) is 3.79. The van der Waals surface area contributed by atoms with Crippen LogP contribution in [-0.2, 0) is 0 Å². The molecule has 1 amide bonds. The number of hydrogen-bond acceptors (Lipinski definition) is 7. The van der Waals surface area contributed by atoms with E-state index in [9.17, 15) is 9.59 Å². The number of nitrogen functional groups attached to an aromatic ring is 1. The van der Waals surface area contributed by atoms with Gasteiger partial charge in [-0.1, -0.05) is 0 Å². The van der Waals surface area contributed by atoms with Crippen LogP contribution in [0.2, 0.25) is 0 Å². The van der Waals surface area contributed by atoms with Crippen LogP contribution in [0.5, 0.6) is 5.88 Å². The average molecular weight is 375 g/mol. The predicted molar refractivity (Wildman–Crippen MR) is 97.8 cm³/mol. The summed E-state index contributed by atoms with van der Waals surface area (Å²) in [5.74, 6) is -0.159. The molecule has 0 saturated carbocycles. The highest BCUT2D eigenvalue weighted by Crippen LogP contribution is 2.28. The Kier molecular flexibility index (Phi) is 4.99. The zero-order chi connectivity index (χ0) is 18.7. The number of aromatic nitrogens is 4. The Bertz CT molecular complexity index is 1020. The second-order valence-corrected chi connectivity index (χ2v) is 5.18. The standard InChI is InChI=1S/C15H12N6O3.CH3Cl/c16-12-11-14(20-7-18-12)24-4-3-21(15(11)23)8-1-2-10-9(5-8)13(22)19-6-17-10;1-2/h1-2,5-7H,3-4H2,(H2,16,18,20)(H,17,19,22);1H3. The van der Waals surface area contributed by atoms with Crippen LogP contribution in [0.3, 0.4) is 0 Å². The van der Waals surface area contributed by atoms with E-state index in [1.165, 1.54) is 23.9 Å². The molecule has 0 fully saturated rings. The predicted octanol–water partition coefficient (Wildman–Crippen LogP) is 1.19. The Labute approximate surface area is 152 Å². The normalized spacial score (nSPS) is 13.3. The number of anilines is 2. The van der Waals surface area contributed by atoms with Gasteiger partial charge in [0.25, 0.3) is 11.5 Å². The quantitative estimate of drug-likeness (QED) is 0.612. The van der Waals surface area contributed by atoms with E-state index < -0.39 is 0 Å². The lowest BCUT2D eigenvalue weighted by Gasteiger charge is -2.20. The minimum absolute atomic E-state index is 0.0530. The highest BCUT2D eigenvalue weighted by atomic mass is 35.5. The summed E-state index contributed by atoms with van der Waals surface area (Å²) in [5, 5.41) is 0.394. The lowest BCUT2D eigenvalue weighted by atomic mass is 10.2. The zero-order valence-corrected chi connectivity index (χ0v) is 14.5. The van der Waals surface area contributed by atoms with Crippen molar-refractivity contribution in [2.24, 2.45) is 0 Å². The molecule has 10 heteroatoms. The van der Waals surface area contributed by atoms with E-state index in [0.29, 0.717) is 16.6 Å². The van der Waals surface area contributed by atoms with Crippen LogP contribution in [0.4, 0.5) is 11.5 Å². The number of amides is 1. The van der Waals surface area contributed by atoms with Crippen molar-refractivity contribution in [1.29, 1.82) is 0 Å². The van der Waals surface area contributed by atoms with Crippen LogP contribution in [0.25, 0.3) is 10.9 Å². The van der Waals surface area contributed by atoms with Crippen molar-refractivity contribution in [3.05, 3.63) is 46.8 Å². The lowest BCUT2D eigenvalue weighted by molar-refractivity contribution is 0.0990. The first-order valence-electron chi connectivity index (χ1n) is 7.55. The number of carbonyl (C=O) groups excluding carboxylic acids is 1. The second kappa shape index (κ2) is 7.36. The molecule has 3 aromatic rings. The van der Waals surface area contributed by atoms with Crippen LogP contribution in [0, 0.1) is 0 Å². The molecule has 0 bridgehead atoms. The van der Waals surface area contributed by atoms with Crippen LogP contribution >= 0.6 is 11.6 Å². The molecule has 134 valence electrons. The molecule has 0 aliphatic carbocycles. The molecule has 3 N–H and O–H groups in total. The summed E-state index contributed by atoms with van der Waals surface area (Å²) in [6, 6.07) is 5.02. The second-order valence-electron chi connectivity index (χ2n) is 5.18. The van der Waals surface area contributed by atoms with Gasteiger partial charge in [-0.2, -0.15) is 0 Å². The van der Waals surface area contributed by atoms with Gasteiger partial charge in [0.1, 0.15) is 24.3 Å². The molecule has 3 heterocycles. The van der Waals surface area contributed by atoms with Gasteiger partial charge >= 0.3 is 0 Å². The van der Waals surface area contributed by atoms with Crippen molar-refractivity contribution in [3.8, 4) is 5.88 Å². The van der Waals surface area contributed by atoms with Crippen molar-refractivity contribution in [2.75, 3.05) is 30.2 Å². The van der Waals surface area contributed by atoms with E-state index in [1.54, 1.807) is 18.2 Å². The van der Waals surface area contributed by atoms with Crippen molar-refractivity contribution in [1.82, 2.24) is 19.9 Å². The largest absolute Gasteiger partial charge is 0.475 e. The molecule has 0 radical (unpaired) electrons. The Morgan fingerprint density at radius 1 is 1.23 bits per heavy atom. The molecule has 9 nitrogen and oxygen atoms in total. The highest BCUT2D eigenvalue weighted by molar-refractivity contribution is 6.15. The highest BCUT2D eigenvalue weighted by Gasteiger charge is 2.28. The van der Waals surface area contributed by atoms with Crippen LogP contribution in [-0.4, -0.2) is 45.4 Å². The van der Waals surface area contributed by atoms with E-state index in [1.807, 2.05) is 0 Å². The first-order chi connectivity index (χ1) is 12.6. The molecule has 4 rings (SSSR count). The van der Waals surface area contributed by atoms with Crippen LogP contribution in [0.15, 0.2) is 35.6 Å². The van der Waals surface area contributed by atoms with E-state index >= 15 is 0 Å². The monoisotopic (exact) mass is 374 g/mol. The molecule has 1 aliphatic heterocycles. The molecule has 2 aromatic heterocycles. The number of fused-ring (bicyclic) bond motifs is 2. The molecule has 26 heavy (non-hydrogen) atoms. The maximum atomic E-state index is 12.9. The van der Waals surface area contributed by atoms with Gasteiger partial charge in [-0.3, -0.25) is 9.59 Å². The van der Waals surface area contributed by atoms with Crippen LogP contribution in [0.1, 0.15) is 10.4 Å². The van der Waals surface area contributed by atoms with Gasteiger partial charge < -0.3 is 20.4 Å². The van der Waals surface area contributed by atoms with Crippen molar-refractivity contribution >= 4 is 39.9 Å². The number of benzene rings is 1. The minimum Gasteiger partial charge on any atom is -0.475 e. The van der Waals surface area contributed by atoms with E-state index in [0.717, 1.165) is 0 Å². The first kappa shape index (κ1) is 17.6.